The molecular formula is C18H15FN2O2S2. The van der Waals surface area contributed by atoms with Crippen LogP contribution < -0.4 is 5.32 Å². The number of carbonyl (C=O) groups excluding carboxylic acids is 2. The van der Waals surface area contributed by atoms with Crippen LogP contribution in [0, 0.1) is 17.1 Å². The SMILES string of the molecule is N#CCSCC(=O)Nc1sc2c(c1C(=O)c1ccc(F)cc1)CCC2. The Kier molecular flexibility index (Phi) is 5.51. The Balaban J connectivity index is 1.87. The number of nitrogens with zero attached hydrogens (tertiary/aromatic N) is 1. The lowest BCUT2D eigenvalue weighted by atomic mass is 10.0. The topological polar surface area (TPSA) is 70.0 Å². The van der Waals surface area contributed by atoms with Gasteiger partial charge >= 0.3 is 0 Å². The van der Waals surface area contributed by atoms with Gasteiger partial charge in [-0.25, -0.2) is 4.39 Å². The number of rotatable bonds is 6. The Morgan fingerprint density at radius 2 is 2.04 bits per heavy atom. The maximum atomic E-state index is 13.1. The molecule has 128 valence electrons. The third kappa shape index (κ3) is 3.91. The number of carbonyl (C=O) groups is 2. The van der Waals surface area contributed by atoms with Crippen LogP contribution >= 0.6 is 23.1 Å². The smallest absolute Gasteiger partial charge is 0.235 e. The van der Waals surface area contributed by atoms with E-state index in [0.29, 0.717) is 16.1 Å². The summed E-state index contributed by atoms with van der Waals surface area (Å²) in [7, 11) is 0. The lowest BCUT2D eigenvalue weighted by molar-refractivity contribution is -0.113. The molecule has 1 amide bonds. The number of anilines is 1. The minimum atomic E-state index is -0.393. The average Bonchev–Trinajstić information content (AvgIpc) is 3.16. The molecule has 4 nitrogen and oxygen atoms in total. The van der Waals surface area contributed by atoms with Crippen LogP contribution in [0.15, 0.2) is 24.3 Å². The summed E-state index contributed by atoms with van der Waals surface area (Å²) in [5.74, 6) is -0.404. The third-order valence-corrected chi connectivity index (χ3v) is 5.91. The number of ketones is 1. The molecule has 0 aliphatic heterocycles. The van der Waals surface area contributed by atoms with Crippen molar-refractivity contribution >= 4 is 39.8 Å². The lowest BCUT2D eigenvalue weighted by Crippen LogP contribution is -2.16. The van der Waals surface area contributed by atoms with Crippen LogP contribution in [0.1, 0.15) is 32.8 Å². The number of hydrogen-bond donors (Lipinski definition) is 1. The van der Waals surface area contributed by atoms with Crippen molar-refractivity contribution in [3.05, 3.63) is 51.7 Å². The number of fused-ring (bicyclic) bond motifs is 1. The number of nitrogens with one attached hydrogen (secondary N) is 1. The second-order valence-corrected chi connectivity index (χ2v) is 7.69. The van der Waals surface area contributed by atoms with Gasteiger partial charge in [-0.2, -0.15) is 5.26 Å². The van der Waals surface area contributed by atoms with E-state index in [0.717, 1.165) is 29.7 Å². The summed E-state index contributed by atoms with van der Waals surface area (Å²) in [6, 6.07) is 7.42. The Hall–Kier alpha value is -2.17. The zero-order valence-electron chi connectivity index (χ0n) is 13.3. The number of benzene rings is 1. The molecule has 0 saturated carbocycles. The van der Waals surface area contributed by atoms with Gasteiger partial charge in [0.2, 0.25) is 5.91 Å². The first-order valence-corrected chi connectivity index (χ1v) is 9.76. The maximum Gasteiger partial charge on any atom is 0.235 e. The van der Waals surface area contributed by atoms with E-state index in [1.807, 2.05) is 6.07 Å². The molecule has 1 aromatic heterocycles. The zero-order chi connectivity index (χ0) is 17.8. The highest BCUT2D eigenvalue weighted by molar-refractivity contribution is 8.00. The summed E-state index contributed by atoms with van der Waals surface area (Å²) < 4.78 is 13.1. The first-order chi connectivity index (χ1) is 12.1. The number of aryl methyl sites for hydroxylation is 1. The highest BCUT2D eigenvalue weighted by atomic mass is 32.2. The van der Waals surface area contributed by atoms with Gasteiger partial charge in [-0.1, -0.05) is 0 Å². The van der Waals surface area contributed by atoms with Gasteiger partial charge in [-0.05, 0) is 49.1 Å². The monoisotopic (exact) mass is 374 g/mol. The number of amides is 1. The molecule has 0 bridgehead atoms. The first-order valence-electron chi connectivity index (χ1n) is 7.79. The normalized spacial score (nSPS) is 12.5. The van der Waals surface area contributed by atoms with E-state index in [4.69, 9.17) is 5.26 Å². The van der Waals surface area contributed by atoms with Gasteiger partial charge in [0.05, 0.1) is 23.1 Å². The van der Waals surface area contributed by atoms with Crippen molar-refractivity contribution in [2.45, 2.75) is 19.3 Å². The fourth-order valence-electron chi connectivity index (χ4n) is 2.83. The van der Waals surface area contributed by atoms with Gasteiger partial charge in [0.25, 0.3) is 0 Å². The molecule has 0 spiro atoms. The molecule has 0 saturated heterocycles. The van der Waals surface area contributed by atoms with Crippen LogP contribution in [0.5, 0.6) is 0 Å². The Bertz CT molecular complexity index is 853. The van der Waals surface area contributed by atoms with E-state index >= 15 is 0 Å². The van der Waals surface area contributed by atoms with Crippen molar-refractivity contribution in [3.8, 4) is 6.07 Å². The molecule has 0 atom stereocenters. The molecule has 0 fully saturated rings. The van der Waals surface area contributed by atoms with Crippen molar-refractivity contribution in [2.75, 3.05) is 16.8 Å². The summed E-state index contributed by atoms with van der Waals surface area (Å²) >= 11 is 2.67. The average molecular weight is 374 g/mol. The van der Waals surface area contributed by atoms with E-state index in [1.165, 1.54) is 47.4 Å². The third-order valence-electron chi connectivity index (χ3n) is 3.91. The van der Waals surface area contributed by atoms with Gasteiger partial charge < -0.3 is 5.32 Å². The summed E-state index contributed by atoms with van der Waals surface area (Å²) in [4.78, 5) is 26.1. The summed E-state index contributed by atoms with van der Waals surface area (Å²) in [6.45, 7) is 0. The second kappa shape index (κ2) is 7.81. The zero-order valence-corrected chi connectivity index (χ0v) is 14.9. The minimum absolute atomic E-state index is 0.167. The molecule has 1 aromatic carbocycles. The molecule has 1 heterocycles. The Morgan fingerprint density at radius 1 is 1.28 bits per heavy atom. The molecule has 1 N–H and O–H groups in total. The second-order valence-electron chi connectivity index (χ2n) is 5.60. The quantitative estimate of drug-likeness (QED) is 0.617. The largest absolute Gasteiger partial charge is 0.316 e. The summed E-state index contributed by atoms with van der Waals surface area (Å²) in [5.41, 5.74) is 1.94. The minimum Gasteiger partial charge on any atom is -0.316 e. The van der Waals surface area contributed by atoms with E-state index < -0.39 is 5.82 Å². The van der Waals surface area contributed by atoms with Crippen LogP contribution in [-0.4, -0.2) is 23.2 Å². The van der Waals surface area contributed by atoms with Crippen molar-refractivity contribution in [3.63, 3.8) is 0 Å². The fraction of sp³-hybridized carbons (Fsp3) is 0.278. The van der Waals surface area contributed by atoms with E-state index in [1.54, 1.807) is 0 Å². The molecule has 1 aliphatic carbocycles. The number of nitriles is 1. The van der Waals surface area contributed by atoms with Crippen LogP contribution in [0.3, 0.4) is 0 Å². The highest BCUT2D eigenvalue weighted by Crippen LogP contribution is 2.40. The van der Waals surface area contributed by atoms with Crippen LogP contribution in [0.2, 0.25) is 0 Å². The van der Waals surface area contributed by atoms with E-state index in [9.17, 15) is 14.0 Å². The van der Waals surface area contributed by atoms with Gasteiger partial charge in [0.15, 0.2) is 5.78 Å². The number of thiophene rings is 1. The lowest BCUT2D eigenvalue weighted by Gasteiger charge is -2.08. The van der Waals surface area contributed by atoms with Crippen molar-refractivity contribution in [1.82, 2.24) is 0 Å². The Labute approximate surface area is 153 Å². The number of hydrogen-bond acceptors (Lipinski definition) is 5. The Morgan fingerprint density at radius 3 is 2.76 bits per heavy atom. The highest BCUT2D eigenvalue weighted by Gasteiger charge is 2.28. The molecule has 0 radical (unpaired) electrons. The molecular weight excluding hydrogens is 359 g/mol. The maximum absolute atomic E-state index is 13.1. The van der Waals surface area contributed by atoms with Crippen molar-refractivity contribution in [2.24, 2.45) is 0 Å². The fourth-order valence-corrected chi connectivity index (χ4v) is 4.58. The predicted molar refractivity (Wildman–Crippen MR) is 97.7 cm³/mol. The molecule has 2 aromatic rings. The predicted octanol–water partition coefficient (Wildman–Crippen LogP) is 3.80. The van der Waals surface area contributed by atoms with Gasteiger partial charge in [-0.15, -0.1) is 23.1 Å². The molecule has 25 heavy (non-hydrogen) atoms. The number of thioether (sulfide) groups is 1. The molecule has 3 rings (SSSR count). The van der Waals surface area contributed by atoms with Crippen molar-refractivity contribution < 1.29 is 14.0 Å². The van der Waals surface area contributed by atoms with Gasteiger partial charge in [0.1, 0.15) is 10.8 Å². The van der Waals surface area contributed by atoms with Crippen LogP contribution in [-0.2, 0) is 17.6 Å². The van der Waals surface area contributed by atoms with Crippen LogP contribution in [0.25, 0.3) is 0 Å². The van der Waals surface area contributed by atoms with Gasteiger partial charge in [-0.3, -0.25) is 9.59 Å². The standard InChI is InChI=1S/C18H15FN2O2S2/c19-12-6-4-11(5-7-12)17(23)16-13-2-1-3-14(13)25-18(16)21-15(22)10-24-9-8-20/h4-7H,1-3,9-10H2,(H,21,22). The number of halogens is 1. The van der Waals surface area contributed by atoms with Crippen molar-refractivity contribution in [1.29, 1.82) is 5.26 Å². The summed E-state index contributed by atoms with van der Waals surface area (Å²) in [6.07, 6.45) is 2.72. The molecule has 7 heteroatoms. The first kappa shape index (κ1) is 17.6. The molecule has 0 unspecified atom stereocenters. The van der Waals surface area contributed by atoms with Crippen LogP contribution in [0.4, 0.5) is 9.39 Å². The van der Waals surface area contributed by atoms with Gasteiger partial charge in [0, 0.05) is 10.4 Å². The van der Waals surface area contributed by atoms with E-state index in [2.05, 4.69) is 5.32 Å². The van der Waals surface area contributed by atoms with E-state index in [-0.39, 0.29) is 23.2 Å². The molecule has 1 aliphatic rings. The summed E-state index contributed by atoms with van der Waals surface area (Å²) in [5, 5.41) is 11.9.